The molecule has 3 N–H and O–H groups in total. The molecular weight excluding hydrogens is 340 g/mol. The number of thioether (sulfide) groups is 1. The molecule has 0 aliphatic carbocycles. The van der Waals surface area contributed by atoms with E-state index in [-0.39, 0.29) is 30.3 Å². The van der Waals surface area contributed by atoms with Crippen molar-refractivity contribution in [1.29, 1.82) is 0 Å². The number of rotatable bonds is 7. The highest BCUT2D eigenvalue weighted by molar-refractivity contribution is 8.00. The van der Waals surface area contributed by atoms with Gasteiger partial charge in [-0.05, 0) is 17.7 Å². The van der Waals surface area contributed by atoms with Crippen LogP contribution in [0, 0.1) is 5.92 Å². The molecule has 0 saturated carbocycles. The largest absolute Gasteiger partial charge is 0.355 e. The second-order valence-electron chi connectivity index (χ2n) is 5.71. The molecule has 0 aliphatic rings. The number of hydrogen-bond donors (Lipinski definition) is 2. The van der Waals surface area contributed by atoms with Crippen LogP contribution in [-0.2, 0) is 4.79 Å². The van der Waals surface area contributed by atoms with Crippen molar-refractivity contribution in [2.75, 3.05) is 6.54 Å². The first-order valence-corrected chi connectivity index (χ1v) is 8.76. The van der Waals surface area contributed by atoms with Crippen LogP contribution in [0.2, 0.25) is 0 Å². The van der Waals surface area contributed by atoms with Crippen LogP contribution in [-0.4, -0.2) is 17.7 Å². The van der Waals surface area contributed by atoms with Crippen molar-refractivity contribution in [2.24, 2.45) is 11.7 Å². The maximum atomic E-state index is 12.3. The Morgan fingerprint density at radius 2 is 1.58 bits per heavy atom. The molecule has 2 aromatic rings. The molecule has 1 amide bonds. The van der Waals surface area contributed by atoms with Gasteiger partial charge in [0, 0.05) is 22.7 Å². The molecule has 0 fully saturated rings. The topological polar surface area (TPSA) is 55.1 Å². The quantitative estimate of drug-likeness (QED) is 0.729. The van der Waals surface area contributed by atoms with E-state index in [1.165, 1.54) is 4.90 Å². The maximum absolute atomic E-state index is 12.3. The third-order valence-electron chi connectivity index (χ3n) is 3.78. The Hall–Kier alpha value is -1.49. The average molecular weight is 365 g/mol. The summed E-state index contributed by atoms with van der Waals surface area (Å²) < 4.78 is 0. The molecule has 130 valence electrons. The smallest absolute Gasteiger partial charge is 0.224 e. The van der Waals surface area contributed by atoms with Crippen LogP contribution in [0.25, 0.3) is 0 Å². The van der Waals surface area contributed by atoms with E-state index in [4.69, 9.17) is 5.73 Å². The van der Waals surface area contributed by atoms with Crippen LogP contribution < -0.4 is 11.1 Å². The maximum Gasteiger partial charge on any atom is 0.224 e. The summed E-state index contributed by atoms with van der Waals surface area (Å²) in [4.78, 5) is 13.5. The van der Waals surface area contributed by atoms with Crippen LogP contribution in [0.3, 0.4) is 0 Å². The molecule has 0 radical (unpaired) electrons. The van der Waals surface area contributed by atoms with Crippen molar-refractivity contribution in [3.63, 3.8) is 0 Å². The minimum atomic E-state index is -0.284. The number of hydrogen-bond acceptors (Lipinski definition) is 3. The lowest BCUT2D eigenvalue weighted by atomic mass is 9.95. The third-order valence-corrected chi connectivity index (χ3v) is 4.89. The van der Waals surface area contributed by atoms with Gasteiger partial charge in [0.2, 0.25) is 5.91 Å². The number of benzene rings is 2. The number of nitrogens with two attached hydrogens (primary N) is 1. The first-order valence-electron chi connectivity index (χ1n) is 7.88. The minimum Gasteiger partial charge on any atom is -0.355 e. The normalized spacial score (nSPS) is 14.1. The van der Waals surface area contributed by atoms with Crippen molar-refractivity contribution in [3.8, 4) is 0 Å². The standard InChI is InChI=1S/C19H24N2OS.ClH/c1-14(23-17-11-7-4-8-12-17)13-21-19(22)15(2)18(20)16-9-5-3-6-10-16;/h3-12,14-15,18H,13,20H2,1-2H3,(H,21,22);1H. The molecule has 2 aromatic carbocycles. The van der Waals surface area contributed by atoms with Crippen molar-refractivity contribution >= 4 is 30.1 Å². The zero-order valence-electron chi connectivity index (χ0n) is 14.0. The Bertz CT molecular complexity index is 609. The number of carbonyl (C=O) groups excluding carboxylic acids is 1. The van der Waals surface area contributed by atoms with Crippen LogP contribution in [0.5, 0.6) is 0 Å². The molecule has 0 bridgehead atoms. The number of halogens is 1. The fourth-order valence-electron chi connectivity index (χ4n) is 2.31. The van der Waals surface area contributed by atoms with Gasteiger partial charge in [-0.2, -0.15) is 0 Å². The summed E-state index contributed by atoms with van der Waals surface area (Å²) in [5.74, 6) is -0.256. The monoisotopic (exact) mass is 364 g/mol. The zero-order chi connectivity index (χ0) is 16.7. The summed E-state index contributed by atoms with van der Waals surface area (Å²) in [5.41, 5.74) is 7.19. The summed E-state index contributed by atoms with van der Waals surface area (Å²) in [6.45, 7) is 4.62. The van der Waals surface area contributed by atoms with Crippen molar-refractivity contribution in [2.45, 2.75) is 30.0 Å². The molecule has 3 unspecified atom stereocenters. The van der Waals surface area contributed by atoms with Crippen molar-refractivity contribution in [1.82, 2.24) is 5.32 Å². The highest BCUT2D eigenvalue weighted by Crippen LogP contribution is 2.23. The Balaban J connectivity index is 0.00000288. The first-order chi connectivity index (χ1) is 11.1. The first kappa shape index (κ1) is 20.6. The van der Waals surface area contributed by atoms with Gasteiger partial charge in [-0.25, -0.2) is 0 Å². The molecule has 0 saturated heterocycles. The highest BCUT2D eigenvalue weighted by atomic mass is 35.5. The minimum absolute atomic E-state index is 0. The second kappa shape index (κ2) is 10.4. The predicted molar refractivity (Wildman–Crippen MR) is 105 cm³/mol. The van der Waals surface area contributed by atoms with Gasteiger partial charge >= 0.3 is 0 Å². The Morgan fingerprint density at radius 3 is 2.17 bits per heavy atom. The van der Waals surface area contributed by atoms with E-state index in [2.05, 4.69) is 24.4 Å². The summed E-state index contributed by atoms with van der Waals surface area (Å²) in [7, 11) is 0. The van der Waals surface area contributed by atoms with E-state index < -0.39 is 0 Å². The second-order valence-corrected chi connectivity index (χ2v) is 7.22. The van der Waals surface area contributed by atoms with Gasteiger partial charge in [-0.1, -0.05) is 62.4 Å². The van der Waals surface area contributed by atoms with E-state index in [1.54, 1.807) is 11.8 Å². The van der Waals surface area contributed by atoms with Gasteiger partial charge in [0.1, 0.15) is 0 Å². The van der Waals surface area contributed by atoms with Gasteiger partial charge in [0.05, 0.1) is 5.92 Å². The molecule has 5 heteroatoms. The van der Waals surface area contributed by atoms with E-state index in [0.717, 1.165) is 5.56 Å². The number of nitrogens with one attached hydrogen (secondary N) is 1. The summed E-state index contributed by atoms with van der Waals surface area (Å²) in [5, 5.41) is 3.32. The molecule has 0 aromatic heterocycles. The lowest BCUT2D eigenvalue weighted by Crippen LogP contribution is -2.38. The van der Waals surface area contributed by atoms with Crippen molar-refractivity contribution < 1.29 is 4.79 Å². The fourth-order valence-corrected chi connectivity index (χ4v) is 3.25. The molecule has 0 aliphatic heterocycles. The Morgan fingerprint density at radius 1 is 1.04 bits per heavy atom. The molecular formula is C19H25ClN2OS. The summed E-state index contributed by atoms with van der Waals surface area (Å²) in [6, 6.07) is 19.7. The molecule has 3 nitrogen and oxygen atoms in total. The molecule has 0 heterocycles. The van der Waals surface area contributed by atoms with Gasteiger partial charge in [0.15, 0.2) is 0 Å². The molecule has 2 rings (SSSR count). The number of amides is 1. The molecule has 0 spiro atoms. The van der Waals surface area contributed by atoms with Crippen LogP contribution >= 0.6 is 24.2 Å². The SMILES string of the molecule is CC(CNC(=O)C(C)C(N)c1ccccc1)Sc1ccccc1.Cl. The zero-order valence-corrected chi connectivity index (χ0v) is 15.6. The van der Waals surface area contributed by atoms with Crippen LogP contribution in [0.1, 0.15) is 25.5 Å². The van der Waals surface area contributed by atoms with E-state index in [9.17, 15) is 4.79 Å². The average Bonchev–Trinajstić information content (AvgIpc) is 2.60. The van der Waals surface area contributed by atoms with Crippen LogP contribution in [0.15, 0.2) is 65.6 Å². The summed E-state index contributed by atoms with van der Waals surface area (Å²) in [6.07, 6.45) is 0. The van der Waals surface area contributed by atoms with Gasteiger partial charge < -0.3 is 11.1 Å². The number of carbonyl (C=O) groups is 1. The van der Waals surface area contributed by atoms with Gasteiger partial charge in [-0.3, -0.25) is 4.79 Å². The third kappa shape index (κ3) is 6.19. The highest BCUT2D eigenvalue weighted by Gasteiger charge is 2.22. The van der Waals surface area contributed by atoms with E-state index >= 15 is 0 Å². The van der Waals surface area contributed by atoms with Gasteiger partial charge in [-0.15, -0.1) is 24.2 Å². The Kier molecular flexibility index (Phi) is 8.90. The molecule has 3 atom stereocenters. The van der Waals surface area contributed by atoms with E-state index in [0.29, 0.717) is 11.8 Å². The Labute approximate surface area is 154 Å². The van der Waals surface area contributed by atoms with E-state index in [1.807, 2.05) is 55.5 Å². The van der Waals surface area contributed by atoms with Crippen molar-refractivity contribution in [3.05, 3.63) is 66.2 Å². The van der Waals surface area contributed by atoms with Gasteiger partial charge in [0.25, 0.3) is 0 Å². The fraction of sp³-hybridized carbons (Fsp3) is 0.316. The van der Waals surface area contributed by atoms with Crippen LogP contribution in [0.4, 0.5) is 0 Å². The predicted octanol–water partition coefficient (Wildman–Crippen LogP) is 4.04. The lowest BCUT2D eigenvalue weighted by molar-refractivity contribution is -0.125. The molecule has 24 heavy (non-hydrogen) atoms. The lowest BCUT2D eigenvalue weighted by Gasteiger charge is -2.21. The summed E-state index contributed by atoms with van der Waals surface area (Å²) >= 11 is 1.76.